The summed E-state index contributed by atoms with van der Waals surface area (Å²) in [6, 6.07) is 8.26. The second-order valence-corrected chi connectivity index (χ2v) is 5.27. The second kappa shape index (κ2) is 6.19. The molecule has 0 spiro atoms. The quantitative estimate of drug-likeness (QED) is 0.655. The number of ether oxygens (including phenoxy) is 1. The Morgan fingerprint density at radius 1 is 1.38 bits per heavy atom. The highest BCUT2D eigenvalue weighted by atomic mass is 79.9. The van der Waals surface area contributed by atoms with Crippen LogP contribution in [0.1, 0.15) is 18.5 Å². The van der Waals surface area contributed by atoms with Gasteiger partial charge in [-0.3, -0.25) is 10.1 Å². The summed E-state index contributed by atoms with van der Waals surface area (Å²) in [6.07, 6.45) is 0. The summed E-state index contributed by atoms with van der Waals surface area (Å²) >= 11 is 3.34. The first-order valence-corrected chi connectivity index (χ1v) is 6.85. The van der Waals surface area contributed by atoms with Gasteiger partial charge in [0.1, 0.15) is 5.75 Å². The van der Waals surface area contributed by atoms with Gasteiger partial charge in [0.15, 0.2) is 5.82 Å². The first-order chi connectivity index (χ1) is 9.90. The van der Waals surface area contributed by atoms with Crippen molar-refractivity contribution in [3.63, 3.8) is 0 Å². The van der Waals surface area contributed by atoms with Crippen LogP contribution in [-0.2, 0) is 0 Å². The minimum absolute atomic E-state index is 0.184. The molecule has 0 radical (unpaired) electrons. The lowest BCUT2D eigenvalue weighted by Crippen LogP contribution is -2.05. The van der Waals surface area contributed by atoms with Gasteiger partial charge in [0.25, 0.3) is 0 Å². The summed E-state index contributed by atoms with van der Waals surface area (Å²) in [5.74, 6) is -0.931. The van der Waals surface area contributed by atoms with Gasteiger partial charge < -0.3 is 10.5 Å². The van der Waals surface area contributed by atoms with Gasteiger partial charge in [-0.1, -0.05) is 28.1 Å². The molecule has 2 rings (SSSR count). The third kappa shape index (κ3) is 3.37. The molecule has 7 heteroatoms. The Morgan fingerprint density at radius 3 is 2.67 bits per heavy atom. The zero-order chi connectivity index (χ0) is 15.6. The van der Waals surface area contributed by atoms with Crippen LogP contribution >= 0.6 is 15.9 Å². The first-order valence-electron chi connectivity index (χ1n) is 6.06. The van der Waals surface area contributed by atoms with Crippen molar-refractivity contribution in [2.45, 2.75) is 13.0 Å². The number of halogens is 2. The monoisotopic (exact) mass is 354 g/mol. The molecule has 0 aliphatic heterocycles. The summed E-state index contributed by atoms with van der Waals surface area (Å²) in [6.45, 7) is 1.82. The van der Waals surface area contributed by atoms with E-state index in [1.807, 2.05) is 6.92 Å². The topological polar surface area (TPSA) is 78.4 Å². The molecular formula is C14H12BrFN2O3. The molecule has 2 N–H and O–H groups in total. The van der Waals surface area contributed by atoms with Crippen LogP contribution in [0.25, 0.3) is 0 Å². The van der Waals surface area contributed by atoms with Crippen LogP contribution in [0.4, 0.5) is 10.1 Å². The van der Waals surface area contributed by atoms with E-state index in [-0.39, 0.29) is 11.8 Å². The average molecular weight is 355 g/mol. The summed E-state index contributed by atoms with van der Waals surface area (Å²) < 4.78 is 19.8. The van der Waals surface area contributed by atoms with E-state index < -0.39 is 22.2 Å². The molecule has 21 heavy (non-hydrogen) atoms. The largest absolute Gasteiger partial charge is 0.447 e. The van der Waals surface area contributed by atoms with Crippen molar-refractivity contribution in [3.05, 3.63) is 62.4 Å². The Morgan fingerprint density at radius 2 is 2.10 bits per heavy atom. The minimum Gasteiger partial charge on any atom is -0.447 e. The van der Waals surface area contributed by atoms with Gasteiger partial charge in [-0.05, 0) is 30.7 Å². The molecule has 1 atom stereocenters. The van der Waals surface area contributed by atoms with Crippen molar-refractivity contribution in [3.8, 4) is 11.5 Å². The fourth-order valence-electron chi connectivity index (χ4n) is 1.80. The maximum atomic E-state index is 13.7. The number of nitro groups is 1. The molecule has 0 fully saturated rings. The number of para-hydroxylation sites is 1. The molecule has 0 saturated heterocycles. The Hall–Kier alpha value is -1.99. The van der Waals surface area contributed by atoms with Crippen molar-refractivity contribution in [1.82, 2.24) is 0 Å². The average Bonchev–Trinajstić information content (AvgIpc) is 2.40. The van der Waals surface area contributed by atoms with E-state index in [2.05, 4.69) is 15.9 Å². The molecule has 1 unspecified atom stereocenters. The Bertz CT molecular complexity index is 692. The van der Waals surface area contributed by atoms with Crippen LogP contribution in [0.15, 0.2) is 40.9 Å². The Balaban J connectivity index is 2.39. The van der Waals surface area contributed by atoms with Crippen LogP contribution in [0.5, 0.6) is 11.5 Å². The molecule has 0 aliphatic carbocycles. The predicted octanol–water partition coefficient (Wildman–Crippen LogP) is 4.31. The molecule has 0 aliphatic rings. The van der Waals surface area contributed by atoms with Gasteiger partial charge in [0.2, 0.25) is 5.75 Å². The number of hydrogen-bond acceptors (Lipinski definition) is 4. The van der Waals surface area contributed by atoms with Gasteiger partial charge in [-0.15, -0.1) is 0 Å². The number of nitrogens with two attached hydrogens (primary N) is 1. The fourth-order valence-corrected chi connectivity index (χ4v) is 2.52. The van der Waals surface area contributed by atoms with E-state index in [0.29, 0.717) is 4.47 Å². The van der Waals surface area contributed by atoms with Crippen molar-refractivity contribution < 1.29 is 14.1 Å². The molecule has 110 valence electrons. The standard InChI is InChI=1S/C14H12BrFN2O3/c1-8(17)10-6-5-9(7-11(10)15)21-14-12(16)3-2-4-13(14)18(19)20/h2-8H,17H2,1H3. The molecule has 2 aromatic carbocycles. The van der Waals surface area contributed by atoms with Gasteiger partial charge in [-0.25, -0.2) is 4.39 Å². The smallest absolute Gasteiger partial charge is 0.314 e. The molecule has 0 amide bonds. The number of rotatable bonds is 4. The molecule has 2 aromatic rings. The molecule has 0 bridgehead atoms. The molecule has 0 heterocycles. The normalized spacial score (nSPS) is 12.0. The molecule has 0 saturated carbocycles. The maximum absolute atomic E-state index is 13.7. The highest BCUT2D eigenvalue weighted by molar-refractivity contribution is 9.10. The van der Waals surface area contributed by atoms with Crippen molar-refractivity contribution in [2.24, 2.45) is 5.73 Å². The third-order valence-corrected chi connectivity index (χ3v) is 3.51. The first kappa shape index (κ1) is 15.4. The lowest BCUT2D eigenvalue weighted by molar-refractivity contribution is -0.385. The summed E-state index contributed by atoms with van der Waals surface area (Å²) in [5, 5.41) is 10.9. The van der Waals surface area contributed by atoms with Crippen LogP contribution in [-0.4, -0.2) is 4.92 Å². The zero-order valence-corrected chi connectivity index (χ0v) is 12.6. The SMILES string of the molecule is CC(N)c1ccc(Oc2c(F)cccc2[N+](=O)[O-])cc1Br. The van der Waals surface area contributed by atoms with Crippen molar-refractivity contribution >= 4 is 21.6 Å². The predicted molar refractivity (Wildman–Crippen MR) is 79.9 cm³/mol. The van der Waals surface area contributed by atoms with Crippen molar-refractivity contribution in [1.29, 1.82) is 0 Å². The van der Waals surface area contributed by atoms with Crippen LogP contribution in [0.3, 0.4) is 0 Å². The summed E-state index contributed by atoms with van der Waals surface area (Å²) in [4.78, 5) is 10.2. The number of benzene rings is 2. The van der Waals surface area contributed by atoms with Gasteiger partial charge >= 0.3 is 5.69 Å². The highest BCUT2D eigenvalue weighted by Gasteiger charge is 2.20. The van der Waals surface area contributed by atoms with E-state index in [4.69, 9.17) is 10.5 Å². The Kier molecular flexibility index (Phi) is 4.54. The van der Waals surface area contributed by atoms with E-state index in [9.17, 15) is 14.5 Å². The van der Waals surface area contributed by atoms with E-state index in [1.54, 1.807) is 18.2 Å². The summed E-state index contributed by atoms with van der Waals surface area (Å²) in [5.41, 5.74) is 6.21. The number of nitrogens with zero attached hydrogens (tertiary/aromatic N) is 1. The van der Waals surface area contributed by atoms with E-state index in [1.165, 1.54) is 12.1 Å². The zero-order valence-electron chi connectivity index (χ0n) is 11.0. The highest BCUT2D eigenvalue weighted by Crippen LogP contribution is 2.35. The number of nitro benzene ring substituents is 1. The molecule has 0 aromatic heterocycles. The fraction of sp³-hybridized carbons (Fsp3) is 0.143. The van der Waals surface area contributed by atoms with E-state index >= 15 is 0 Å². The number of hydrogen-bond donors (Lipinski definition) is 1. The lowest BCUT2D eigenvalue weighted by Gasteiger charge is -2.11. The van der Waals surface area contributed by atoms with E-state index in [0.717, 1.165) is 11.6 Å². The second-order valence-electron chi connectivity index (χ2n) is 4.42. The Labute approximate surface area is 128 Å². The summed E-state index contributed by atoms with van der Waals surface area (Å²) in [7, 11) is 0. The minimum atomic E-state index is -0.795. The third-order valence-electron chi connectivity index (χ3n) is 2.83. The maximum Gasteiger partial charge on any atom is 0.314 e. The molecular weight excluding hydrogens is 343 g/mol. The van der Waals surface area contributed by atoms with Crippen LogP contribution in [0.2, 0.25) is 0 Å². The van der Waals surface area contributed by atoms with Gasteiger partial charge in [0, 0.05) is 16.6 Å². The van der Waals surface area contributed by atoms with Crippen LogP contribution < -0.4 is 10.5 Å². The van der Waals surface area contributed by atoms with Crippen LogP contribution in [0, 0.1) is 15.9 Å². The van der Waals surface area contributed by atoms with Gasteiger partial charge in [0.05, 0.1) is 4.92 Å². The molecule has 5 nitrogen and oxygen atoms in total. The van der Waals surface area contributed by atoms with Crippen molar-refractivity contribution in [2.75, 3.05) is 0 Å². The van der Waals surface area contributed by atoms with Gasteiger partial charge in [-0.2, -0.15) is 0 Å². The lowest BCUT2D eigenvalue weighted by atomic mass is 10.1.